The molecule has 0 fully saturated rings. The molecule has 0 saturated heterocycles. The Bertz CT molecular complexity index is 917. The van der Waals surface area contributed by atoms with Crippen molar-refractivity contribution in [3.8, 4) is 0 Å². The van der Waals surface area contributed by atoms with Crippen molar-refractivity contribution in [3.05, 3.63) is 59.6 Å². The fourth-order valence-electron chi connectivity index (χ4n) is 2.84. The molecule has 25 heavy (non-hydrogen) atoms. The molecule has 2 heterocycles. The largest absolute Gasteiger partial charge is 0.346 e. The number of aromatic nitrogens is 3. The van der Waals surface area contributed by atoms with Gasteiger partial charge in [-0.3, -0.25) is 9.78 Å². The van der Waals surface area contributed by atoms with Crippen LogP contribution < -0.4 is 5.32 Å². The maximum atomic E-state index is 13.6. The van der Waals surface area contributed by atoms with Crippen molar-refractivity contribution >= 4 is 16.8 Å². The van der Waals surface area contributed by atoms with Crippen LogP contribution >= 0.6 is 0 Å². The number of hydrogen-bond donors (Lipinski definition) is 1. The highest BCUT2D eigenvalue weighted by Crippen LogP contribution is 2.20. The van der Waals surface area contributed by atoms with Gasteiger partial charge < -0.3 is 9.88 Å². The minimum absolute atomic E-state index is 0.251. The quantitative estimate of drug-likeness (QED) is 0.774. The van der Waals surface area contributed by atoms with Crippen molar-refractivity contribution in [2.45, 2.75) is 33.9 Å². The topological polar surface area (TPSA) is 59.8 Å². The molecule has 0 saturated carbocycles. The summed E-state index contributed by atoms with van der Waals surface area (Å²) in [5.74, 6) is -0.154. The molecule has 3 rings (SSSR count). The first-order valence-corrected chi connectivity index (χ1v) is 8.28. The number of amides is 1. The number of pyridine rings is 1. The lowest BCUT2D eigenvalue weighted by Gasteiger charge is -2.12. The molecule has 0 bridgehead atoms. The molecule has 3 aromatic rings. The van der Waals surface area contributed by atoms with Gasteiger partial charge in [-0.2, -0.15) is 0 Å². The van der Waals surface area contributed by atoms with Crippen molar-refractivity contribution in [1.82, 2.24) is 19.9 Å². The van der Waals surface area contributed by atoms with Gasteiger partial charge in [0.15, 0.2) is 0 Å². The number of nitrogens with zero attached hydrogens (tertiary/aromatic N) is 3. The second-order valence-electron chi connectivity index (χ2n) is 6.59. The number of carbonyl (C=O) groups excluding carboxylic acids is 1. The molecular weight excluding hydrogens is 319 g/mol. The molecule has 0 aliphatic heterocycles. The van der Waals surface area contributed by atoms with E-state index in [9.17, 15) is 9.18 Å². The number of fused-ring (bicyclic) bond motifs is 1. The monoisotopic (exact) mass is 340 g/mol. The van der Waals surface area contributed by atoms with Crippen molar-refractivity contribution in [2.24, 2.45) is 5.92 Å². The average molecular weight is 340 g/mol. The summed E-state index contributed by atoms with van der Waals surface area (Å²) in [6.45, 7) is 7.28. The molecule has 1 N–H and O–H groups in total. The van der Waals surface area contributed by atoms with Gasteiger partial charge in [0.05, 0.1) is 29.6 Å². The average Bonchev–Trinajstić information content (AvgIpc) is 2.98. The van der Waals surface area contributed by atoms with Gasteiger partial charge >= 0.3 is 0 Å². The summed E-state index contributed by atoms with van der Waals surface area (Å²) < 4.78 is 15.6. The molecule has 2 aromatic heterocycles. The molecule has 0 unspecified atom stereocenters. The predicted octanol–water partition coefficient (Wildman–Crippen LogP) is 3.46. The Morgan fingerprint density at radius 2 is 2.12 bits per heavy atom. The van der Waals surface area contributed by atoms with Crippen molar-refractivity contribution < 1.29 is 9.18 Å². The third-order valence-electron chi connectivity index (χ3n) is 3.93. The highest BCUT2D eigenvalue weighted by Gasteiger charge is 2.14. The zero-order chi connectivity index (χ0) is 18.0. The third kappa shape index (κ3) is 3.84. The Balaban J connectivity index is 1.84. The minimum Gasteiger partial charge on any atom is -0.346 e. The van der Waals surface area contributed by atoms with Crippen LogP contribution in [0.15, 0.2) is 36.8 Å². The van der Waals surface area contributed by atoms with Gasteiger partial charge in [0.2, 0.25) is 0 Å². The van der Waals surface area contributed by atoms with E-state index in [0.717, 1.165) is 12.2 Å². The molecule has 0 aliphatic rings. The number of rotatable bonds is 5. The van der Waals surface area contributed by atoms with Gasteiger partial charge in [-0.25, -0.2) is 9.37 Å². The Kier molecular flexibility index (Phi) is 4.79. The Morgan fingerprint density at radius 3 is 2.88 bits per heavy atom. The number of imidazole rings is 1. The Morgan fingerprint density at radius 1 is 1.32 bits per heavy atom. The second-order valence-corrected chi connectivity index (χ2v) is 6.59. The van der Waals surface area contributed by atoms with E-state index in [2.05, 4.69) is 29.1 Å². The van der Waals surface area contributed by atoms with Crippen LogP contribution in [0.2, 0.25) is 0 Å². The van der Waals surface area contributed by atoms with Crippen LogP contribution in [-0.2, 0) is 13.1 Å². The van der Waals surface area contributed by atoms with Crippen LogP contribution in [0.4, 0.5) is 4.39 Å². The molecule has 1 amide bonds. The maximum absolute atomic E-state index is 13.6. The summed E-state index contributed by atoms with van der Waals surface area (Å²) >= 11 is 0. The fourth-order valence-corrected chi connectivity index (χ4v) is 2.84. The normalized spacial score (nSPS) is 11.2. The van der Waals surface area contributed by atoms with Crippen molar-refractivity contribution in [2.75, 3.05) is 0 Å². The molecule has 0 spiro atoms. The lowest BCUT2D eigenvalue weighted by atomic mass is 10.1. The van der Waals surface area contributed by atoms with Crippen LogP contribution in [0.25, 0.3) is 10.9 Å². The van der Waals surface area contributed by atoms with Crippen molar-refractivity contribution in [1.29, 1.82) is 0 Å². The standard InChI is InChI=1S/C19H21FN4O/c1-12(2)10-24-11-21-8-15(24)9-22-19(25)17-6-13(3)23-18-5-4-14(20)7-16(17)18/h4-8,11-12H,9-10H2,1-3H3,(H,22,25). The predicted molar refractivity (Wildman–Crippen MR) is 94.7 cm³/mol. The first kappa shape index (κ1) is 17.1. The highest BCUT2D eigenvalue weighted by molar-refractivity contribution is 6.06. The number of benzene rings is 1. The fraction of sp³-hybridized carbons (Fsp3) is 0.316. The summed E-state index contributed by atoms with van der Waals surface area (Å²) in [6.07, 6.45) is 3.51. The van der Waals surface area contributed by atoms with Gasteiger partial charge in [-0.05, 0) is 37.1 Å². The highest BCUT2D eigenvalue weighted by atomic mass is 19.1. The molecule has 0 atom stereocenters. The summed E-state index contributed by atoms with van der Waals surface area (Å²) in [4.78, 5) is 21.2. The summed E-state index contributed by atoms with van der Waals surface area (Å²) in [5.41, 5.74) is 2.69. The summed E-state index contributed by atoms with van der Waals surface area (Å²) in [6, 6.07) is 5.97. The van der Waals surface area contributed by atoms with E-state index in [1.54, 1.807) is 24.7 Å². The van der Waals surface area contributed by atoms with Crippen LogP contribution in [0.1, 0.15) is 35.6 Å². The lowest BCUT2D eigenvalue weighted by molar-refractivity contribution is 0.0951. The van der Waals surface area contributed by atoms with Gasteiger partial charge in [-0.15, -0.1) is 0 Å². The SMILES string of the molecule is Cc1cc(C(=O)NCc2cncn2CC(C)C)c2cc(F)ccc2n1. The second kappa shape index (κ2) is 7.01. The molecule has 0 aliphatic carbocycles. The third-order valence-corrected chi connectivity index (χ3v) is 3.93. The molecule has 6 heteroatoms. The zero-order valence-electron chi connectivity index (χ0n) is 14.6. The molecule has 5 nitrogen and oxygen atoms in total. The van der Waals surface area contributed by atoms with Gasteiger partial charge in [-0.1, -0.05) is 13.8 Å². The molecule has 130 valence electrons. The molecule has 1 aromatic carbocycles. The van der Waals surface area contributed by atoms with E-state index in [1.807, 2.05) is 11.5 Å². The van der Waals surface area contributed by atoms with E-state index in [4.69, 9.17) is 0 Å². The van der Waals surface area contributed by atoms with Crippen LogP contribution in [-0.4, -0.2) is 20.4 Å². The number of hydrogen-bond acceptors (Lipinski definition) is 3. The number of halogens is 1. The Hall–Kier alpha value is -2.76. The lowest BCUT2D eigenvalue weighted by Crippen LogP contribution is -2.25. The first-order valence-electron chi connectivity index (χ1n) is 8.28. The van der Waals surface area contributed by atoms with Crippen LogP contribution in [0.5, 0.6) is 0 Å². The van der Waals surface area contributed by atoms with Crippen LogP contribution in [0.3, 0.4) is 0 Å². The minimum atomic E-state index is -0.387. The zero-order valence-corrected chi connectivity index (χ0v) is 14.6. The number of aryl methyl sites for hydroxylation is 1. The van der Waals surface area contributed by atoms with Crippen LogP contribution in [0, 0.1) is 18.7 Å². The van der Waals surface area contributed by atoms with Gasteiger partial charge in [0.25, 0.3) is 5.91 Å². The van der Waals surface area contributed by atoms with E-state index in [0.29, 0.717) is 34.6 Å². The maximum Gasteiger partial charge on any atom is 0.252 e. The van der Waals surface area contributed by atoms with E-state index in [-0.39, 0.29) is 11.7 Å². The Labute approximate surface area is 145 Å². The number of carbonyl (C=O) groups is 1. The van der Waals surface area contributed by atoms with Gasteiger partial charge in [0.1, 0.15) is 5.82 Å². The molecule has 0 radical (unpaired) electrons. The summed E-state index contributed by atoms with van der Waals surface area (Å²) in [7, 11) is 0. The summed E-state index contributed by atoms with van der Waals surface area (Å²) in [5, 5.41) is 3.42. The van der Waals surface area contributed by atoms with E-state index >= 15 is 0 Å². The van der Waals surface area contributed by atoms with E-state index < -0.39 is 0 Å². The first-order chi connectivity index (χ1) is 11.9. The molecular formula is C19H21FN4O. The number of nitrogens with one attached hydrogen (secondary N) is 1. The van der Waals surface area contributed by atoms with Gasteiger partial charge in [0, 0.05) is 23.8 Å². The smallest absolute Gasteiger partial charge is 0.252 e. The van der Waals surface area contributed by atoms with E-state index in [1.165, 1.54) is 12.1 Å². The van der Waals surface area contributed by atoms with Crippen molar-refractivity contribution in [3.63, 3.8) is 0 Å².